The van der Waals surface area contributed by atoms with Gasteiger partial charge in [0, 0.05) is 61.5 Å². The van der Waals surface area contributed by atoms with E-state index in [1.165, 1.54) is 0 Å². The summed E-state index contributed by atoms with van der Waals surface area (Å²) in [5.74, 6) is -0.325. The van der Waals surface area contributed by atoms with Crippen LogP contribution in [0.25, 0.3) is 22.3 Å². The van der Waals surface area contributed by atoms with Gasteiger partial charge in [0.1, 0.15) is 23.3 Å². The van der Waals surface area contributed by atoms with Crippen molar-refractivity contribution in [2.24, 2.45) is 44.1 Å². The van der Waals surface area contributed by atoms with Crippen molar-refractivity contribution in [3.05, 3.63) is 152 Å². The molecule has 0 bridgehead atoms. The molecular formula is C72H92N10O6. The Morgan fingerprint density at radius 1 is 0.466 bits per heavy atom. The average molecular weight is 1190 g/mol. The molecule has 6 rings (SSSR count). The zero-order valence-electron chi connectivity index (χ0n) is 53.3. The quantitative estimate of drug-likeness (QED) is 0.0363. The normalized spacial score (nSPS) is 12.8. The number of rotatable bonds is 35. The third-order valence-corrected chi connectivity index (χ3v) is 17.1. The number of pyridine rings is 2. The van der Waals surface area contributed by atoms with Crippen LogP contribution in [0.15, 0.2) is 139 Å². The molecule has 0 aliphatic heterocycles. The Morgan fingerprint density at radius 2 is 0.784 bits per heavy atom. The highest BCUT2D eigenvalue weighted by atomic mass is 16.3. The van der Waals surface area contributed by atoms with Crippen LogP contribution in [-0.4, -0.2) is 67.1 Å². The van der Waals surface area contributed by atoms with Gasteiger partial charge in [-0.1, -0.05) is 205 Å². The van der Waals surface area contributed by atoms with Gasteiger partial charge < -0.3 is 20.0 Å². The molecule has 0 aliphatic rings. The van der Waals surface area contributed by atoms with E-state index >= 15 is 0 Å². The van der Waals surface area contributed by atoms with E-state index in [9.17, 15) is 39.9 Å². The number of nitrogens with zero attached hydrogens (tertiary/aromatic N) is 10. The molecule has 4 unspecified atom stereocenters. The monoisotopic (exact) mass is 1190 g/mol. The predicted molar refractivity (Wildman–Crippen MR) is 351 cm³/mol. The van der Waals surface area contributed by atoms with E-state index in [0.717, 1.165) is 112 Å². The third kappa shape index (κ3) is 18.1. The van der Waals surface area contributed by atoms with Crippen LogP contribution in [0, 0.1) is 46.3 Å². The SMILES string of the molecule is CCCCC(CC)CN(CC(CC)CCCC)C(=O)c1cccc(N=Nc2c(-c3ccccc3)c(C#N)c(O)n(CCn3c(O)c(C#N)c(-c4ccccc4)c(N=Nc4cccc(C(=O)N(CC(CC)CCCC)CC(CC)CCCC)c4)c3=O)c2=O)c1. The number of unbranched alkanes of at least 4 members (excludes halogenated alkanes) is 4. The predicted octanol–water partition coefficient (Wildman–Crippen LogP) is 17.8. The molecule has 2 heterocycles. The number of aromatic nitrogens is 2. The van der Waals surface area contributed by atoms with Gasteiger partial charge in [0.2, 0.25) is 11.8 Å². The van der Waals surface area contributed by atoms with Crippen LogP contribution in [0.2, 0.25) is 0 Å². The zero-order valence-corrected chi connectivity index (χ0v) is 53.3. The fraction of sp³-hybridized carbons (Fsp3) is 0.472. The van der Waals surface area contributed by atoms with Gasteiger partial charge in [0.25, 0.3) is 22.9 Å². The maximum absolute atomic E-state index is 15.0. The minimum atomic E-state index is -0.882. The van der Waals surface area contributed by atoms with Crippen LogP contribution < -0.4 is 11.1 Å². The summed E-state index contributed by atoms with van der Waals surface area (Å²) in [5, 5.41) is 63.5. The molecule has 0 radical (unpaired) electrons. The van der Waals surface area contributed by atoms with Crippen LogP contribution >= 0.6 is 0 Å². The van der Waals surface area contributed by atoms with Crippen molar-refractivity contribution in [1.82, 2.24) is 18.9 Å². The van der Waals surface area contributed by atoms with Gasteiger partial charge in [0.05, 0.1) is 11.4 Å². The van der Waals surface area contributed by atoms with E-state index < -0.39 is 36.0 Å². The Bertz CT molecular complexity index is 3240. The molecule has 6 aromatic rings. The molecule has 16 heteroatoms. The minimum Gasteiger partial charge on any atom is -0.493 e. The molecule has 0 saturated carbocycles. The smallest absolute Gasteiger partial charge is 0.281 e. The van der Waals surface area contributed by atoms with Gasteiger partial charge in [-0.25, -0.2) is 0 Å². The highest BCUT2D eigenvalue weighted by molar-refractivity contribution is 5.96. The van der Waals surface area contributed by atoms with Crippen LogP contribution in [0.3, 0.4) is 0 Å². The standard InChI is InChI=1S/C72H92N10O6/c1-9-17-29-51(13-5)47-79(48-52(14-6)30-18-10-2)67(83)57-37-27-39-59(43-57)75-77-65-63(55-33-23-21-24-34-55)61(45-73)69(85)81(71(65)87)41-42-82-70(86)62(46-74)64(56-35-25-22-26-36-56)66(72(82)88)78-76-60-40-28-38-58(44-60)68(84)80(49-53(15-7)31-19-11-3)50-54(16-8)32-20-12-4/h21-28,33-40,43-44,51-54,85-86H,9-20,29-32,41-42,47-50H2,1-8H3. The molecule has 0 saturated heterocycles. The van der Waals surface area contributed by atoms with Gasteiger partial charge in [-0.3, -0.25) is 28.3 Å². The maximum Gasteiger partial charge on any atom is 0.281 e. The molecule has 2 amide bonds. The van der Waals surface area contributed by atoms with Crippen LogP contribution in [0.4, 0.5) is 22.7 Å². The lowest BCUT2D eigenvalue weighted by Gasteiger charge is -2.31. The lowest BCUT2D eigenvalue weighted by atomic mass is 9.95. The van der Waals surface area contributed by atoms with Crippen LogP contribution in [0.1, 0.15) is 190 Å². The molecule has 466 valence electrons. The summed E-state index contributed by atoms with van der Waals surface area (Å²) in [6.07, 6.45) is 16.5. The van der Waals surface area contributed by atoms with Crippen molar-refractivity contribution >= 4 is 34.6 Å². The molecule has 0 spiro atoms. The van der Waals surface area contributed by atoms with Crippen LogP contribution in [0.5, 0.6) is 11.8 Å². The number of aromatic hydroxyl groups is 2. The second kappa shape index (κ2) is 35.3. The van der Waals surface area contributed by atoms with Crippen molar-refractivity contribution in [3.63, 3.8) is 0 Å². The average Bonchev–Trinajstić information content (AvgIpc) is 1.70. The number of carbonyl (C=O) groups is 2. The number of azo groups is 2. The summed E-state index contributed by atoms with van der Waals surface area (Å²) in [7, 11) is 0. The van der Waals surface area contributed by atoms with Gasteiger partial charge in [-0.05, 0) is 96.9 Å². The molecule has 16 nitrogen and oxygen atoms in total. The lowest BCUT2D eigenvalue weighted by molar-refractivity contribution is 0.0678. The molecule has 2 N–H and O–H groups in total. The molecular weight excluding hydrogens is 1100 g/mol. The van der Waals surface area contributed by atoms with Gasteiger partial charge in [-0.15, -0.1) is 10.2 Å². The Labute approximate surface area is 521 Å². The summed E-state index contributed by atoms with van der Waals surface area (Å²) in [5.41, 5.74) is -0.836. The topological polar surface area (TPSA) is 222 Å². The Kier molecular flexibility index (Phi) is 27.6. The van der Waals surface area contributed by atoms with Gasteiger partial charge in [0.15, 0.2) is 11.4 Å². The molecule has 0 fully saturated rings. The molecule has 2 aromatic heterocycles. The number of amides is 2. The Hall–Kier alpha value is -8.50. The van der Waals surface area contributed by atoms with Crippen molar-refractivity contribution < 1.29 is 19.8 Å². The zero-order chi connectivity index (χ0) is 63.5. The molecule has 0 aliphatic carbocycles. The second-order valence-electron chi connectivity index (χ2n) is 23.3. The highest BCUT2D eigenvalue weighted by Gasteiger charge is 2.29. The fourth-order valence-electron chi connectivity index (χ4n) is 11.6. The first-order chi connectivity index (χ1) is 42.7. The largest absolute Gasteiger partial charge is 0.493 e. The summed E-state index contributed by atoms with van der Waals surface area (Å²) in [6.45, 7) is 18.9. The van der Waals surface area contributed by atoms with E-state index in [1.54, 1.807) is 109 Å². The Balaban J connectivity index is 1.42. The fourth-order valence-corrected chi connectivity index (χ4v) is 11.6. The first-order valence-electron chi connectivity index (χ1n) is 32.3. The number of hydrogen-bond acceptors (Lipinski definition) is 12. The van der Waals surface area contributed by atoms with Gasteiger partial charge >= 0.3 is 0 Å². The second-order valence-corrected chi connectivity index (χ2v) is 23.3. The number of nitriles is 2. The van der Waals surface area contributed by atoms with Crippen molar-refractivity contribution in [3.8, 4) is 46.2 Å². The summed E-state index contributed by atoms with van der Waals surface area (Å²) >= 11 is 0. The first-order valence-corrected chi connectivity index (χ1v) is 32.3. The van der Waals surface area contributed by atoms with Crippen LogP contribution in [-0.2, 0) is 13.1 Å². The summed E-state index contributed by atoms with van der Waals surface area (Å²) in [4.78, 5) is 63.1. The summed E-state index contributed by atoms with van der Waals surface area (Å²) < 4.78 is 1.75. The molecule has 4 aromatic carbocycles. The number of benzene rings is 4. The van der Waals surface area contributed by atoms with Crippen molar-refractivity contribution in [2.75, 3.05) is 26.2 Å². The molecule has 4 atom stereocenters. The molecule has 88 heavy (non-hydrogen) atoms. The maximum atomic E-state index is 15.0. The van der Waals surface area contributed by atoms with E-state index in [-0.39, 0.29) is 56.8 Å². The Morgan fingerprint density at radius 3 is 1.07 bits per heavy atom. The van der Waals surface area contributed by atoms with Crippen molar-refractivity contribution in [2.45, 2.75) is 171 Å². The van der Waals surface area contributed by atoms with Gasteiger partial charge in [-0.2, -0.15) is 20.8 Å². The lowest BCUT2D eigenvalue weighted by Crippen LogP contribution is -2.39. The van der Waals surface area contributed by atoms with E-state index in [2.05, 4.69) is 88.0 Å². The summed E-state index contributed by atoms with van der Waals surface area (Å²) in [6, 6.07) is 34.7. The van der Waals surface area contributed by atoms with E-state index in [1.807, 2.05) is 9.80 Å². The third-order valence-electron chi connectivity index (χ3n) is 17.1. The minimum absolute atomic E-state index is 0.00815. The number of carbonyl (C=O) groups excluding carboxylic acids is 2. The highest BCUT2D eigenvalue weighted by Crippen LogP contribution is 2.39. The number of hydrogen-bond donors (Lipinski definition) is 2. The van der Waals surface area contributed by atoms with Crippen molar-refractivity contribution in [1.29, 1.82) is 10.5 Å². The van der Waals surface area contributed by atoms with E-state index in [0.29, 0.717) is 72.1 Å². The van der Waals surface area contributed by atoms with E-state index in [4.69, 9.17) is 0 Å². The first kappa shape index (κ1) is 68.6.